The van der Waals surface area contributed by atoms with Crippen molar-refractivity contribution in [1.29, 1.82) is 0 Å². The van der Waals surface area contributed by atoms with Gasteiger partial charge in [-0.05, 0) is 37.0 Å². The van der Waals surface area contributed by atoms with E-state index in [-0.39, 0.29) is 40.3 Å². The molecule has 0 radical (unpaired) electrons. The van der Waals surface area contributed by atoms with Crippen molar-refractivity contribution < 1.29 is 14.0 Å². The molecule has 2 aromatic rings. The van der Waals surface area contributed by atoms with Crippen LogP contribution in [0.5, 0.6) is 0 Å². The maximum absolute atomic E-state index is 14.7. The molecule has 31 heavy (non-hydrogen) atoms. The van der Waals surface area contributed by atoms with Crippen molar-refractivity contribution in [3.05, 3.63) is 65.5 Å². The molecule has 4 rings (SSSR count). The monoisotopic (exact) mass is 461 g/mol. The van der Waals surface area contributed by atoms with Crippen molar-refractivity contribution in [2.75, 3.05) is 13.1 Å². The van der Waals surface area contributed by atoms with Gasteiger partial charge in [0.1, 0.15) is 5.82 Å². The van der Waals surface area contributed by atoms with Crippen LogP contribution in [-0.4, -0.2) is 44.1 Å². The molecule has 8 heteroatoms. The number of hydrogen-bond acceptors (Lipinski definition) is 6. The molecule has 2 atom stereocenters. The summed E-state index contributed by atoms with van der Waals surface area (Å²) in [7, 11) is 0. The van der Waals surface area contributed by atoms with Gasteiger partial charge in [0, 0.05) is 49.1 Å². The molecule has 2 aliphatic rings. The Morgan fingerprint density at radius 2 is 2.00 bits per heavy atom. The lowest BCUT2D eigenvalue weighted by atomic mass is 9.93. The van der Waals surface area contributed by atoms with Crippen LogP contribution < -0.4 is 0 Å². The Bertz CT molecular complexity index is 968. The van der Waals surface area contributed by atoms with Gasteiger partial charge in [-0.1, -0.05) is 30.0 Å². The lowest BCUT2D eigenvalue weighted by Crippen LogP contribution is -2.43. The first-order valence-electron chi connectivity index (χ1n) is 10.2. The number of benzene rings is 1. The van der Waals surface area contributed by atoms with Crippen LogP contribution in [0.3, 0.4) is 0 Å². The molecule has 1 aliphatic carbocycles. The number of hydrogen-bond donors (Lipinski definition) is 0. The highest BCUT2D eigenvalue weighted by atomic mass is 35.5. The van der Waals surface area contributed by atoms with Gasteiger partial charge in [-0.15, -0.1) is 12.4 Å². The fraction of sp³-hybridized carbons (Fsp3) is 0.391. The van der Waals surface area contributed by atoms with Crippen molar-refractivity contribution in [2.45, 2.75) is 37.5 Å². The molecule has 1 saturated heterocycles. The van der Waals surface area contributed by atoms with Crippen LogP contribution in [-0.2, 0) is 9.59 Å². The van der Waals surface area contributed by atoms with Crippen molar-refractivity contribution >= 4 is 41.1 Å². The van der Waals surface area contributed by atoms with Gasteiger partial charge in [-0.25, -0.2) is 4.39 Å². The van der Waals surface area contributed by atoms with Gasteiger partial charge in [0.15, 0.2) is 10.9 Å². The van der Waals surface area contributed by atoms with Gasteiger partial charge in [-0.2, -0.15) is 0 Å². The number of rotatable bonds is 6. The Labute approximate surface area is 191 Å². The van der Waals surface area contributed by atoms with Crippen LogP contribution in [0.2, 0.25) is 0 Å². The van der Waals surface area contributed by atoms with E-state index in [1.165, 1.54) is 17.8 Å². The van der Waals surface area contributed by atoms with Crippen molar-refractivity contribution in [3.8, 4) is 0 Å². The maximum Gasteiger partial charge on any atom is 0.186 e. The molecule has 1 aromatic carbocycles. The molecule has 0 bridgehead atoms. The summed E-state index contributed by atoms with van der Waals surface area (Å²) in [5, 5.41) is 0.0660. The highest BCUT2D eigenvalue weighted by molar-refractivity contribution is 8.14. The SMILES string of the molecule is CC(=O)SC1CCN(C(C(=O)C2CC2)c2ccccc2F)CC1=Cc1cnccn1.Cl. The number of carbonyl (C=O) groups excluding carboxylic acids is 2. The smallest absolute Gasteiger partial charge is 0.186 e. The second-order valence-electron chi connectivity index (χ2n) is 7.81. The van der Waals surface area contributed by atoms with Gasteiger partial charge in [-0.3, -0.25) is 24.5 Å². The molecular formula is C23H25ClFN3O2S. The minimum Gasteiger partial charge on any atom is -0.297 e. The molecule has 1 saturated carbocycles. The Morgan fingerprint density at radius 1 is 1.23 bits per heavy atom. The third-order valence-electron chi connectivity index (χ3n) is 5.52. The third-order valence-corrected chi connectivity index (χ3v) is 6.67. The van der Waals surface area contributed by atoms with E-state index >= 15 is 0 Å². The lowest BCUT2D eigenvalue weighted by Gasteiger charge is -2.38. The second-order valence-corrected chi connectivity index (χ2v) is 9.19. The zero-order chi connectivity index (χ0) is 21.1. The van der Waals surface area contributed by atoms with Crippen molar-refractivity contribution in [1.82, 2.24) is 14.9 Å². The number of aromatic nitrogens is 2. The zero-order valence-corrected chi connectivity index (χ0v) is 18.9. The Morgan fingerprint density at radius 3 is 2.65 bits per heavy atom. The van der Waals surface area contributed by atoms with Crippen LogP contribution in [0.15, 0.2) is 48.4 Å². The molecule has 164 valence electrons. The molecule has 1 aliphatic heterocycles. The summed E-state index contributed by atoms with van der Waals surface area (Å²) in [6.07, 6.45) is 9.31. The number of thioether (sulfide) groups is 1. The van der Waals surface area contributed by atoms with E-state index in [1.54, 1.807) is 43.7 Å². The normalized spacial score (nSPS) is 21.4. The van der Waals surface area contributed by atoms with Crippen LogP contribution in [0.25, 0.3) is 6.08 Å². The Kier molecular flexibility index (Phi) is 7.97. The van der Waals surface area contributed by atoms with Gasteiger partial charge < -0.3 is 0 Å². The summed E-state index contributed by atoms with van der Waals surface area (Å²) in [6, 6.07) is 5.94. The standard InChI is InChI=1S/C23H24FN3O2S.ClH/c1-15(28)30-21-8-11-27(14-17(21)12-18-13-25-9-10-26-18)22(23(29)16-6-7-16)19-4-2-3-5-20(19)24;/h2-5,9-10,12-13,16,21-22H,6-8,11,14H2,1H3;1H. The molecule has 2 unspecified atom stereocenters. The molecule has 5 nitrogen and oxygen atoms in total. The maximum atomic E-state index is 14.7. The predicted molar refractivity (Wildman–Crippen MR) is 122 cm³/mol. The number of nitrogens with zero attached hydrogens (tertiary/aromatic N) is 3. The summed E-state index contributed by atoms with van der Waals surface area (Å²) in [6.45, 7) is 2.68. The number of piperidine rings is 1. The van der Waals surface area contributed by atoms with Gasteiger partial charge in [0.2, 0.25) is 0 Å². The highest BCUT2D eigenvalue weighted by Crippen LogP contribution is 2.40. The van der Waals surface area contributed by atoms with Crippen LogP contribution >= 0.6 is 24.2 Å². The van der Waals surface area contributed by atoms with E-state index in [9.17, 15) is 14.0 Å². The zero-order valence-electron chi connectivity index (χ0n) is 17.2. The van der Waals surface area contributed by atoms with Crippen LogP contribution in [0, 0.1) is 11.7 Å². The summed E-state index contributed by atoms with van der Waals surface area (Å²) in [5.41, 5.74) is 2.15. The molecule has 1 aromatic heterocycles. The molecule has 0 spiro atoms. The number of Topliss-reactive ketones (excluding diaryl/α,β-unsaturated/α-hetero) is 1. The first-order valence-corrected chi connectivity index (χ1v) is 11.1. The van der Waals surface area contributed by atoms with Crippen molar-refractivity contribution in [3.63, 3.8) is 0 Å². The molecule has 2 heterocycles. The van der Waals surface area contributed by atoms with E-state index < -0.39 is 6.04 Å². The quantitative estimate of drug-likeness (QED) is 0.631. The second kappa shape index (κ2) is 10.5. The summed E-state index contributed by atoms with van der Waals surface area (Å²) in [4.78, 5) is 35.4. The molecule has 2 fully saturated rings. The van der Waals surface area contributed by atoms with Crippen LogP contribution in [0.1, 0.15) is 43.5 Å². The average molecular weight is 462 g/mol. The third kappa shape index (κ3) is 5.79. The van der Waals surface area contributed by atoms with Gasteiger partial charge in [0.25, 0.3) is 0 Å². The molecular weight excluding hydrogens is 437 g/mol. The van der Waals surface area contributed by atoms with E-state index in [0.29, 0.717) is 30.8 Å². The van der Waals surface area contributed by atoms with Crippen molar-refractivity contribution in [2.24, 2.45) is 5.92 Å². The fourth-order valence-corrected chi connectivity index (χ4v) is 4.89. The first-order chi connectivity index (χ1) is 14.5. The number of ketones is 1. The largest absolute Gasteiger partial charge is 0.297 e. The number of carbonyl (C=O) groups is 2. The Hall–Kier alpha value is -2.09. The number of likely N-dealkylation sites (tertiary alicyclic amines) is 1. The molecule has 0 amide bonds. The minimum atomic E-state index is -0.604. The fourth-order valence-electron chi connectivity index (χ4n) is 3.97. The first kappa shape index (κ1) is 23.6. The van der Waals surface area contributed by atoms with Gasteiger partial charge in [0.05, 0.1) is 17.9 Å². The van der Waals surface area contributed by atoms with E-state index in [0.717, 1.165) is 18.4 Å². The average Bonchev–Trinajstić information content (AvgIpc) is 3.57. The van der Waals surface area contributed by atoms with Gasteiger partial charge >= 0.3 is 0 Å². The Balaban J connectivity index is 0.00000272. The van der Waals surface area contributed by atoms with E-state index in [1.807, 2.05) is 6.08 Å². The lowest BCUT2D eigenvalue weighted by molar-refractivity contribution is -0.126. The highest BCUT2D eigenvalue weighted by Gasteiger charge is 2.41. The van der Waals surface area contributed by atoms with E-state index in [2.05, 4.69) is 14.9 Å². The van der Waals surface area contributed by atoms with Crippen LogP contribution in [0.4, 0.5) is 4.39 Å². The predicted octanol–water partition coefficient (Wildman–Crippen LogP) is 4.50. The number of halogens is 2. The summed E-state index contributed by atoms with van der Waals surface area (Å²) in [5.74, 6) is -0.237. The summed E-state index contributed by atoms with van der Waals surface area (Å²) < 4.78 is 14.7. The summed E-state index contributed by atoms with van der Waals surface area (Å²) >= 11 is 1.30. The minimum absolute atomic E-state index is 0. The van der Waals surface area contributed by atoms with E-state index in [4.69, 9.17) is 0 Å². The molecule has 0 N–H and O–H groups in total. The topological polar surface area (TPSA) is 63.2 Å².